The lowest BCUT2D eigenvalue weighted by molar-refractivity contribution is -0.334. The molecule has 0 radical (unpaired) electrons. The van der Waals surface area contributed by atoms with Gasteiger partial charge in [0.05, 0.1) is 12.6 Å². The molecule has 0 saturated carbocycles. The second-order valence-corrected chi connectivity index (χ2v) is 9.33. The molecule has 0 spiro atoms. The second-order valence-electron chi connectivity index (χ2n) is 8.08. The predicted molar refractivity (Wildman–Crippen MR) is 105 cm³/mol. The minimum Gasteiger partial charge on any atom is -0.473 e. The highest BCUT2D eigenvalue weighted by Crippen LogP contribution is 2.53. The summed E-state index contributed by atoms with van der Waals surface area (Å²) in [6, 6.07) is 2.59. The number of nitrogens with one attached hydrogen (secondary N) is 4. The van der Waals surface area contributed by atoms with Gasteiger partial charge in [-0.25, -0.2) is 24.0 Å². The van der Waals surface area contributed by atoms with Crippen molar-refractivity contribution in [2.45, 2.75) is 73.6 Å². The van der Waals surface area contributed by atoms with Crippen molar-refractivity contribution in [3.8, 4) is 5.75 Å². The topological polar surface area (TPSA) is 66.6 Å². The van der Waals surface area contributed by atoms with Gasteiger partial charge in [0.15, 0.2) is 11.8 Å². The van der Waals surface area contributed by atoms with Crippen molar-refractivity contribution in [3.05, 3.63) is 29.6 Å². The Balaban J connectivity index is 1.55. The van der Waals surface area contributed by atoms with E-state index in [0.717, 1.165) is 36.4 Å². The summed E-state index contributed by atoms with van der Waals surface area (Å²) < 4.78 is 92.1. The summed E-state index contributed by atoms with van der Waals surface area (Å²) >= 11 is 0.962. The lowest BCUT2D eigenvalue weighted by atomic mass is 9.85. The SMILES string of the molecule is CC1CCC(NC2NNC(C(F)F)S2)C(Oc2ccc(F)cc2C2(C(F)(F)F)CCO2)N1. The van der Waals surface area contributed by atoms with Gasteiger partial charge in [-0.2, -0.15) is 13.2 Å². The fourth-order valence-electron chi connectivity index (χ4n) is 4.07. The number of piperidine rings is 1. The highest BCUT2D eigenvalue weighted by atomic mass is 32.2. The Hall–Kier alpha value is -1.25. The van der Waals surface area contributed by atoms with Crippen LogP contribution in [0.25, 0.3) is 0 Å². The van der Waals surface area contributed by atoms with E-state index in [0.29, 0.717) is 6.42 Å². The lowest BCUT2D eigenvalue weighted by Crippen LogP contribution is -2.61. The first-order chi connectivity index (χ1) is 15.1. The molecule has 6 atom stereocenters. The second kappa shape index (κ2) is 9.18. The van der Waals surface area contributed by atoms with Crippen molar-refractivity contribution >= 4 is 11.8 Å². The molecule has 1 aromatic carbocycles. The number of ether oxygens (including phenoxy) is 2. The van der Waals surface area contributed by atoms with Crippen molar-refractivity contribution < 1.29 is 35.8 Å². The molecule has 32 heavy (non-hydrogen) atoms. The van der Waals surface area contributed by atoms with Crippen LogP contribution in [0.1, 0.15) is 31.7 Å². The first-order valence-corrected chi connectivity index (χ1v) is 11.2. The monoisotopic (exact) mass is 486 g/mol. The molecular weight excluding hydrogens is 462 g/mol. The van der Waals surface area contributed by atoms with E-state index in [2.05, 4.69) is 21.5 Å². The molecule has 6 unspecified atom stereocenters. The number of hydrogen-bond acceptors (Lipinski definition) is 7. The third-order valence-electron chi connectivity index (χ3n) is 5.85. The molecular formula is C19H24F6N4O2S. The van der Waals surface area contributed by atoms with Gasteiger partial charge in [-0.15, -0.1) is 0 Å². The van der Waals surface area contributed by atoms with E-state index in [1.807, 2.05) is 6.92 Å². The molecule has 3 aliphatic rings. The van der Waals surface area contributed by atoms with Gasteiger partial charge in [0.25, 0.3) is 6.43 Å². The zero-order valence-electron chi connectivity index (χ0n) is 17.0. The van der Waals surface area contributed by atoms with Crippen molar-refractivity contribution in [3.63, 3.8) is 0 Å². The maximum atomic E-state index is 13.9. The first kappa shape index (κ1) is 23.9. The summed E-state index contributed by atoms with van der Waals surface area (Å²) in [6.07, 6.45) is -7.10. The molecule has 0 aromatic heterocycles. The largest absolute Gasteiger partial charge is 0.473 e. The predicted octanol–water partition coefficient (Wildman–Crippen LogP) is 3.15. The first-order valence-electron chi connectivity index (χ1n) is 10.2. The quantitative estimate of drug-likeness (QED) is 0.461. The van der Waals surface area contributed by atoms with Gasteiger partial charge in [-0.1, -0.05) is 11.8 Å². The Labute approximate surface area is 185 Å². The summed E-state index contributed by atoms with van der Waals surface area (Å²) in [4.78, 5) is 0. The van der Waals surface area contributed by atoms with Gasteiger partial charge in [-0.05, 0) is 38.0 Å². The maximum absolute atomic E-state index is 13.9. The molecule has 3 aliphatic heterocycles. The Morgan fingerprint density at radius 1 is 1.25 bits per heavy atom. The molecule has 3 fully saturated rings. The lowest BCUT2D eigenvalue weighted by Gasteiger charge is -2.44. The molecule has 6 nitrogen and oxygen atoms in total. The van der Waals surface area contributed by atoms with Crippen molar-refractivity contribution in [2.75, 3.05) is 6.61 Å². The number of hydrazine groups is 1. The molecule has 0 amide bonds. The third kappa shape index (κ3) is 4.68. The molecule has 3 heterocycles. The summed E-state index contributed by atoms with van der Waals surface area (Å²) in [5.74, 6) is -0.973. The molecule has 180 valence electrons. The van der Waals surface area contributed by atoms with Crippen LogP contribution >= 0.6 is 11.8 Å². The molecule has 1 aromatic rings. The van der Waals surface area contributed by atoms with E-state index in [1.54, 1.807) is 0 Å². The summed E-state index contributed by atoms with van der Waals surface area (Å²) in [5, 5.41) is 5.26. The van der Waals surface area contributed by atoms with Crippen LogP contribution in [0.5, 0.6) is 5.75 Å². The minimum atomic E-state index is -4.75. The number of halogens is 6. The Kier molecular flexibility index (Phi) is 6.86. The van der Waals surface area contributed by atoms with Gasteiger partial charge in [0, 0.05) is 18.0 Å². The summed E-state index contributed by atoms with van der Waals surface area (Å²) in [6.45, 7) is 1.81. The Bertz CT molecular complexity index is 813. The number of rotatable bonds is 6. The van der Waals surface area contributed by atoms with Crippen LogP contribution in [0, 0.1) is 5.82 Å². The smallest absolute Gasteiger partial charge is 0.421 e. The molecule has 4 N–H and O–H groups in total. The van der Waals surface area contributed by atoms with E-state index in [9.17, 15) is 26.3 Å². The van der Waals surface area contributed by atoms with Gasteiger partial charge >= 0.3 is 6.18 Å². The normalized spacial score (nSPS) is 35.7. The highest BCUT2D eigenvalue weighted by molar-refractivity contribution is 8.00. The summed E-state index contributed by atoms with van der Waals surface area (Å²) in [7, 11) is 0. The van der Waals surface area contributed by atoms with E-state index in [4.69, 9.17) is 9.47 Å². The van der Waals surface area contributed by atoms with Crippen molar-refractivity contribution in [1.82, 2.24) is 21.5 Å². The fraction of sp³-hybridized carbons (Fsp3) is 0.684. The summed E-state index contributed by atoms with van der Waals surface area (Å²) in [5.41, 5.74) is 1.64. The van der Waals surface area contributed by atoms with Gasteiger partial charge < -0.3 is 9.47 Å². The Morgan fingerprint density at radius 2 is 2.00 bits per heavy atom. The van der Waals surface area contributed by atoms with Crippen molar-refractivity contribution in [2.24, 2.45) is 0 Å². The number of benzene rings is 1. The zero-order valence-corrected chi connectivity index (χ0v) is 17.8. The van der Waals surface area contributed by atoms with Crippen LogP contribution in [0.3, 0.4) is 0 Å². The van der Waals surface area contributed by atoms with Crippen LogP contribution < -0.4 is 26.2 Å². The standard InChI is InChI=1S/C19H24F6N4O2S/c1-9-2-4-12(27-17-29-28-16(32-17)14(21)22)15(26-9)31-13-5-3-10(20)8-11(13)18(6-7-30-18)19(23,24)25/h3,5,8-9,12,14-17,26-29H,2,4,6-7H2,1H3. The number of hydrogen-bond donors (Lipinski definition) is 4. The highest BCUT2D eigenvalue weighted by Gasteiger charge is 2.62. The molecule has 13 heteroatoms. The van der Waals surface area contributed by atoms with Crippen LogP contribution in [0.15, 0.2) is 18.2 Å². The maximum Gasteiger partial charge on any atom is 0.421 e. The van der Waals surface area contributed by atoms with Crippen LogP contribution in [0.4, 0.5) is 26.3 Å². The van der Waals surface area contributed by atoms with E-state index in [-0.39, 0.29) is 24.8 Å². The average Bonchev–Trinajstić information content (AvgIpc) is 3.13. The van der Waals surface area contributed by atoms with E-state index >= 15 is 0 Å². The molecule has 0 bridgehead atoms. The van der Waals surface area contributed by atoms with Crippen LogP contribution in [0.2, 0.25) is 0 Å². The molecule has 4 rings (SSSR count). The average molecular weight is 486 g/mol. The zero-order chi connectivity index (χ0) is 23.1. The number of alkyl halides is 5. The van der Waals surface area contributed by atoms with Crippen molar-refractivity contribution in [1.29, 1.82) is 0 Å². The molecule has 0 aliphatic carbocycles. The van der Waals surface area contributed by atoms with Gasteiger partial charge in [0.1, 0.15) is 22.4 Å². The number of thioether (sulfide) groups is 1. The van der Waals surface area contributed by atoms with E-state index in [1.165, 1.54) is 0 Å². The van der Waals surface area contributed by atoms with Gasteiger partial charge in [-0.3, -0.25) is 10.6 Å². The Morgan fingerprint density at radius 3 is 2.59 bits per heavy atom. The third-order valence-corrected chi connectivity index (χ3v) is 6.99. The molecule has 3 saturated heterocycles. The minimum absolute atomic E-state index is 0.00889. The van der Waals surface area contributed by atoms with Gasteiger partial charge in [0.2, 0.25) is 0 Å². The fourth-order valence-corrected chi connectivity index (χ4v) is 5.01. The van der Waals surface area contributed by atoms with E-state index < -0.39 is 52.7 Å². The van der Waals surface area contributed by atoms with Crippen LogP contribution in [-0.2, 0) is 10.3 Å². The van der Waals surface area contributed by atoms with Crippen LogP contribution in [-0.4, -0.2) is 48.4 Å².